The van der Waals surface area contributed by atoms with Crippen molar-refractivity contribution in [2.24, 2.45) is 0 Å². The summed E-state index contributed by atoms with van der Waals surface area (Å²) in [5, 5.41) is 2.62. The molecule has 0 saturated carbocycles. The SMILES string of the molecule is O=C(Cn1c(=O)c(=O)[nH]c2cc(F)ccc21)Nc1ccc2c(c1)OCO2. The van der Waals surface area contributed by atoms with Crippen LogP contribution in [-0.2, 0) is 11.3 Å². The van der Waals surface area contributed by atoms with E-state index in [0.29, 0.717) is 17.2 Å². The Morgan fingerprint density at radius 3 is 2.81 bits per heavy atom. The van der Waals surface area contributed by atoms with Crippen LogP contribution >= 0.6 is 0 Å². The largest absolute Gasteiger partial charge is 0.454 e. The minimum atomic E-state index is -0.932. The maximum atomic E-state index is 13.3. The molecule has 1 aliphatic heterocycles. The van der Waals surface area contributed by atoms with E-state index in [4.69, 9.17) is 9.47 Å². The van der Waals surface area contributed by atoms with Crippen LogP contribution in [0.25, 0.3) is 11.0 Å². The lowest BCUT2D eigenvalue weighted by atomic mass is 10.2. The van der Waals surface area contributed by atoms with E-state index in [9.17, 15) is 18.8 Å². The van der Waals surface area contributed by atoms with E-state index in [2.05, 4.69) is 10.3 Å². The first-order valence-corrected chi connectivity index (χ1v) is 7.63. The number of amides is 1. The molecule has 2 N–H and O–H groups in total. The number of rotatable bonds is 3. The zero-order valence-electron chi connectivity index (χ0n) is 13.2. The second-order valence-electron chi connectivity index (χ2n) is 5.62. The van der Waals surface area contributed by atoms with Crippen LogP contribution in [0.15, 0.2) is 46.0 Å². The number of aromatic nitrogens is 2. The molecule has 2 heterocycles. The van der Waals surface area contributed by atoms with Crippen LogP contribution in [0, 0.1) is 5.82 Å². The summed E-state index contributed by atoms with van der Waals surface area (Å²) in [7, 11) is 0. The zero-order chi connectivity index (χ0) is 18.3. The third-order valence-electron chi connectivity index (χ3n) is 3.90. The topological polar surface area (TPSA) is 102 Å². The van der Waals surface area contributed by atoms with Crippen molar-refractivity contribution in [3.63, 3.8) is 0 Å². The van der Waals surface area contributed by atoms with E-state index in [1.807, 2.05) is 0 Å². The first-order valence-electron chi connectivity index (χ1n) is 7.63. The summed E-state index contributed by atoms with van der Waals surface area (Å²) in [5.74, 6) is -0.0239. The zero-order valence-corrected chi connectivity index (χ0v) is 13.2. The number of ether oxygens (including phenoxy) is 2. The number of hydrogen-bond donors (Lipinski definition) is 2. The van der Waals surface area contributed by atoms with Crippen molar-refractivity contribution in [2.75, 3.05) is 12.1 Å². The van der Waals surface area contributed by atoms with Crippen molar-refractivity contribution in [2.45, 2.75) is 6.54 Å². The Morgan fingerprint density at radius 1 is 1.15 bits per heavy atom. The molecule has 0 fully saturated rings. The lowest BCUT2D eigenvalue weighted by Crippen LogP contribution is -2.38. The van der Waals surface area contributed by atoms with Crippen molar-refractivity contribution in [1.29, 1.82) is 0 Å². The number of nitrogens with one attached hydrogen (secondary N) is 2. The Labute approximate surface area is 144 Å². The molecule has 0 unspecified atom stereocenters. The standard InChI is InChI=1S/C17H12FN3O5/c18-9-1-3-12-11(5-9)20-16(23)17(24)21(12)7-15(22)19-10-2-4-13-14(6-10)26-8-25-13/h1-6H,7-8H2,(H,19,22)(H,20,23). The van der Waals surface area contributed by atoms with Gasteiger partial charge in [0.25, 0.3) is 0 Å². The summed E-state index contributed by atoms with van der Waals surface area (Å²) in [6, 6.07) is 8.42. The number of carbonyl (C=O) groups is 1. The molecule has 1 aliphatic rings. The molecule has 0 bridgehead atoms. The molecule has 9 heteroatoms. The highest BCUT2D eigenvalue weighted by atomic mass is 19.1. The van der Waals surface area contributed by atoms with Gasteiger partial charge in [0, 0.05) is 11.8 Å². The minimum absolute atomic E-state index is 0.109. The fraction of sp³-hybridized carbons (Fsp3) is 0.118. The Balaban J connectivity index is 1.64. The number of nitrogens with zero attached hydrogens (tertiary/aromatic N) is 1. The van der Waals surface area contributed by atoms with Gasteiger partial charge in [-0.1, -0.05) is 0 Å². The van der Waals surface area contributed by atoms with Crippen LogP contribution < -0.4 is 25.9 Å². The molecule has 3 aromatic rings. The summed E-state index contributed by atoms with van der Waals surface area (Å²) in [5.41, 5.74) is -1.00. The summed E-state index contributed by atoms with van der Waals surface area (Å²) >= 11 is 0. The van der Waals surface area contributed by atoms with E-state index in [0.717, 1.165) is 16.7 Å². The fourth-order valence-electron chi connectivity index (χ4n) is 2.73. The van der Waals surface area contributed by atoms with Gasteiger partial charge in [0.2, 0.25) is 12.7 Å². The number of fused-ring (bicyclic) bond motifs is 2. The lowest BCUT2D eigenvalue weighted by molar-refractivity contribution is -0.116. The van der Waals surface area contributed by atoms with Gasteiger partial charge in [0.1, 0.15) is 12.4 Å². The molecule has 4 rings (SSSR count). The predicted molar refractivity (Wildman–Crippen MR) is 90.0 cm³/mol. The average molecular weight is 357 g/mol. The maximum Gasteiger partial charge on any atom is 0.317 e. The molecule has 0 saturated heterocycles. The van der Waals surface area contributed by atoms with Crippen LogP contribution in [0.2, 0.25) is 0 Å². The Bertz CT molecular complexity index is 1150. The second kappa shape index (κ2) is 6.03. The van der Waals surface area contributed by atoms with E-state index < -0.39 is 29.4 Å². The lowest BCUT2D eigenvalue weighted by Gasteiger charge is -2.10. The van der Waals surface area contributed by atoms with Crippen LogP contribution in [0.3, 0.4) is 0 Å². The number of halogens is 1. The number of anilines is 1. The van der Waals surface area contributed by atoms with E-state index in [1.165, 1.54) is 6.07 Å². The van der Waals surface area contributed by atoms with Gasteiger partial charge in [-0.05, 0) is 30.3 Å². The molecular weight excluding hydrogens is 345 g/mol. The molecule has 26 heavy (non-hydrogen) atoms. The van der Waals surface area contributed by atoms with Gasteiger partial charge in [-0.3, -0.25) is 19.0 Å². The van der Waals surface area contributed by atoms with Crippen molar-refractivity contribution in [3.05, 3.63) is 62.9 Å². The molecule has 0 radical (unpaired) electrons. The quantitative estimate of drug-likeness (QED) is 0.686. The molecule has 2 aromatic carbocycles. The van der Waals surface area contributed by atoms with Crippen molar-refractivity contribution in [1.82, 2.24) is 9.55 Å². The Kier molecular flexibility index (Phi) is 3.68. The summed E-state index contributed by atoms with van der Waals surface area (Å²) < 4.78 is 24.8. The van der Waals surface area contributed by atoms with Gasteiger partial charge in [-0.2, -0.15) is 0 Å². The Morgan fingerprint density at radius 2 is 1.96 bits per heavy atom. The van der Waals surface area contributed by atoms with Gasteiger partial charge in [-0.15, -0.1) is 0 Å². The number of H-pyrrole nitrogens is 1. The van der Waals surface area contributed by atoms with Crippen LogP contribution in [0.1, 0.15) is 0 Å². The van der Waals surface area contributed by atoms with E-state index in [1.54, 1.807) is 18.2 Å². The number of benzene rings is 2. The minimum Gasteiger partial charge on any atom is -0.454 e. The highest BCUT2D eigenvalue weighted by Crippen LogP contribution is 2.34. The Hall–Kier alpha value is -3.62. The predicted octanol–water partition coefficient (Wildman–Crippen LogP) is 1.20. The van der Waals surface area contributed by atoms with E-state index in [-0.39, 0.29) is 17.8 Å². The summed E-state index contributed by atoms with van der Waals surface area (Å²) in [6.45, 7) is -0.295. The van der Waals surface area contributed by atoms with Crippen molar-refractivity contribution < 1.29 is 18.7 Å². The van der Waals surface area contributed by atoms with Gasteiger partial charge in [0.05, 0.1) is 11.0 Å². The average Bonchev–Trinajstić information content (AvgIpc) is 3.06. The smallest absolute Gasteiger partial charge is 0.317 e. The summed E-state index contributed by atoms with van der Waals surface area (Å²) in [4.78, 5) is 38.5. The summed E-state index contributed by atoms with van der Waals surface area (Å²) in [6.07, 6.45) is 0. The van der Waals surface area contributed by atoms with Crippen molar-refractivity contribution >= 4 is 22.6 Å². The molecule has 0 atom stereocenters. The molecule has 0 aliphatic carbocycles. The van der Waals surface area contributed by atoms with Gasteiger partial charge in [0.15, 0.2) is 11.5 Å². The van der Waals surface area contributed by atoms with Crippen LogP contribution in [-0.4, -0.2) is 22.3 Å². The van der Waals surface area contributed by atoms with Crippen LogP contribution in [0.4, 0.5) is 10.1 Å². The molecule has 0 spiro atoms. The first-order chi connectivity index (χ1) is 12.5. The van der Waals surface area contributed by atoms with Crippen LogP contribution in [0.5, 0.6) is 11.5 Å². The molecule has 8 nitrogen and oxygen atoms in total. The molecule has 1 amide bonds. The number of aromatic amines is 1. The first kappa shape index (κ1) is 15.9. The normalized spacial score (nSPS) is 12.3. The third kappa shape index (κ3) is 2.79. The number of hydrogen-bond acceptors (Lipinski definition) is 5. The van der Waals surface area contributed by atoms with Gasteiger partial charge in [-0.25, -0.2) is 4.39 Å². The molecule has 132 valence electrons. The van der Waals surface area contributed by atoms with E-state index >= 15 is 0 Å². The molecule has 1 aromatic heterocycles. The van der Waals surface area contributed by atoms with Gasteiger partial charge < -0.3 is 19.8 Å². The van der Waals surface area contributed by atoms with Crippen molar-refractivity contribution in [3.8, 4) is 11.5 Å². The second-order valence-corrected chi connectivity index (χ2v) is 5.62. The maximum absolute atomic E-state index is 13.3. The van der Waals surface area contributed by atoms with Gasteiger partial charge >= 0.3 is 11.1 Å². The fourth-order valence-corrected chi connectivity index (χ4v) is 2.73. The third-order valence-corrected chi connectivity index (χ3v) is 3.90. The highest BCUT2D eigenvalue weighted by Gasteiger charge is 2.16. The molecular formula is C17H12FN3O5. The monoisotopic (exact) mass is 357 g/mol. The highest BCUT2D eigenvalue weighted by molar-refractivity contribution is 5.91. The number of carbonyl (C=O) groups excluding carboxylic acids is 1.